The van der Waals surface area contributed by atoms with Crippen LogP contribution in [0.15, 0.2) is 47.4 Å². The van der Waals surface area contributed by atoms with E-state index < -0.39 is 11.9 Å². The molecule has 24 heavy (non-hydrogen) atoms. The van der Waals surface area contributed by atoms with Crippen LogP contribution in [0.25, 0.3) is 0 Å². The molecule has 0 spiro atoms. The first-order valence-electron chi connectivity index (χ1n) is 7.81. The van der Waals surface area contributed by atoms with E-state index in [1.165, 1.54) is 16.8 Å². The topological polar surface area (TPSA) is 71.4 Å². The third-order valence-electron chi connectivity index (χ3n) is 4.22. The van der Waals surface area contributed by atoms with Crippen molar-refractivity contribution in [1.29, 1.82) is 0 Å². The summed E-state index contributed by atoms with van der Waals surface area (Å²) in [5.41, 5.74) is 1.96. The molecule has 0 unspecified atom stereocenters. The fraction of sp³-hybridized carbons (Fsp3) is 0.278. The Balaban J connectivity index is 1.71. The van der Waals surface area contributed by atoms with Crippen molar-refractivity contribution in [2.45, 2.75) is 19.4 Å². The second-order valence-electron chi connectivity index (χ2n) is 6.00. The zero-order valence-corrected chi connectivity index (χ0v) is 13.7. The number of aryl methyl sites for hydroxylation is 2. The molecule has 1 aromatic carbocycles. The second kappa shape index (κ2) is 6.31. The average molecular weight is 325 g/mol. The van der Waals surface area contributed by atoms with E-state index in [4.69, 9.17) is 0 Å². The van der Waals surface area contributed by atoms with E-state index in [1.54, 1.807) is 18.0 Å². The lowest BCUT2D eigenvalue weighted by atomic mass is 10.2. The second-order valence-corrected chi connectivity index (χ2v) is 6.00. The zero-order chi connectivity index (χ0) is 17.3. The normalized spacial score (nSPS) is 17.2. The monoisotopic (exact) mass is 325 g/mol. The van der Waals surface area contributed by atoms with E-state index in [0.717, 1.165) is 11.3 Å². The lowest BCUT2D eigenvalue weighted by Gasteiger charge is -2.17. The van der Waals surface area contributed by atoms with Gasteiger partial charge in [-0.2, -0.15) is 0 Å². The molecule has 1 saturated heterocycles. The smallest absolute Gasteiger partial charge is 0.252 e. The van der Waals surface area contributed by atoms with E-state index in [-0.39, 0.29) is 17.0 Å². The number of pyridine rings is 1. The minimum Gasteiger partial charge on any atom is -0.340 e. The Morgan fingerprint density at radius 1 is 1.17 bits per heavy atom. The average Bonchev–Trinajstić information content (AvgIpc) is 2.92. The molecule has 6 nitrogen and oxygen atoms in total. The number of nitrogens with zero attached hydrogens (tertiary/aromatic N) is 2. The van der Waals surface area contributed by atoms with Crippen LogP contribution in [0.2, 0.25) is 0 Å². The number of hydrogen-bond donors (Lipinski definition) is 1. The number of anilines is 1. The molecule has 2 heterocycles. The molecule has 1 aromatic heterocycles. The van der Waals surface area contributed by atoms with Crippen molar-refractivity contribution in [2.24, 2.45) is 7.05 Å². The maximum absolute atomic E-state index is 12.5. The Morgan fingerprint density at radius 2 is 1.88 bits per heavy atom. The summed E-state index contributed by atoms with van der Waals surface area (Å²) in [6.07, 6.45) is 2.08. The first-order chi connectivity index (χ1) is 11.5. The van der Waals surface area contributed by atoms with Crippen LogP contribution in [0.3, 0.4) is 0 Å². The van der Waals surface area contributed by atoms with E-state index in [0.29, 0.717) is 13.0 Å². The van der Waals surface area contributed by atoms with E-state index >= 15 is 0 Å². The SMILES string of the molecule is Cc1ccc(N2CC[C@@H](NC(=O)c3ccn(C)c(=O)c3)C2=O)cc1. The summed E-state index contributed by atoms with van der Waals surface area (Å²) in [5, 5.41) is 2.72. The number of benzene rings is 1. The van der Waals surface area contributed by atoms with Crippen molar-refractivity contribution in [3.63, 3.8) is 0 Å². The van der Waals surface area contributed by atoms with Gasteiger partial charge in [-0.05, 0) is 31.5 Å². The number of rotatable bonds is 3. The highest BCUT2D eigenvalue weighted by Gasteiger charge is 2.33. The Kier molecular flexibility index (Phi) is 4.20. The van der Waals surface area contributed by atoms with Gasteiger partial charge in [0.2, 0.25) is 5.91 Å². The minimum atomic E-state index is -0.567. The molecule has 0 radical (unpaired) electrons. The highest BCUT2D eigenvalue weighted by molar-refractivity contribution is 6.03. The molecule has 2 aromatic rings. The maximum Gasteiger partial charge on any atom is 0.252 e. The lowest BCUT2D eigenvalue weighted by Crippen LogP contribution is -2.41. The quantitative estimate of drug-likeness (QED) is 0.922. The van der Waals surface area contributed by atoms with Gasteiger partial charge < -0.3 is 14.8 Å². The van der Waals surface area contributed by atoms with Gasteiger partial charge in [0.25, 0.3) is 11.5 Å². The molecular formula is C18H19N3O3. The predicted molar refractivity (Wildman–Crippen MR) is 91.1 cm³/mol. The largest absolute Gasteiger partial charge is 0.340 e. The first-order valence-corrected chi connectivity index (χ1v) is 7.81. The van der Waals surface area contributed by atoms with E-state index in [1.807, 2.05) is 31.2 Å². The van der Waals surface area contributed by atoms with Crippen LogP contribution in [0.5, 0.6) is 0 Å². The van der Waals surface area contributed by atoms with E-state index in [2.05, 4.69) is 5.32 Å². The minimum absolute atomic E-state index is 0.129. The van der Waals surface area contributed by atoms with Gasteiger partial charge in [-0.3, -0.25) is 14.4 Å². The van der Waals surface area contributed by atoms with Gasteiger partial charge in [0, 0.05) is 37.1 Å². The van der Waals surface area contributed by atoms with Gasteiger partial charge in [0.15, 0.2) is 0 Å². The number of carbonyl (C=O) groups is 2. The molecule has 124 valence electrons. The van der Waals surface area contributed by atoms with E-state index in [9.17, 15) is 14.4 Å². The van der Waals surface area contributed by atoms with Crippen LogP contribution >= 0.6 is 0 Å². The zero-order valence-electron chi connectivity index (χ0n) is 13.7. The molecule has 2 amide bonds. The van der Waals surface area contributed by atoms with Gasteiger partial charge >= 0.3 is 0 Å². The van der Waals surface area contributed by atoms with Gasteiger partial charge in [-0.25, -0.2) is 0 Å². The van der Waals surface area contributed by atoms with Crippen molar-refractivity contribution in [2.75, 3.05) is 11.4 Å². The highest BCUT2D eigenvalue weighted by atomic mass is 16.2. The van der Waals surface area contributed by atoms with Gasteiger partial charge in [0.05, 0.1) is 0 Å². The van der Waals surface area contributed by atoms with Gasteiger partial charge in [-0.15, -0.1) is 0 Å². The van der Waals surface area contributed by atoms with Crippen LogP contribution in [0.4, 0.5) is 5.69 Å². The van der Waals surface area contributed by atoms with Crippen LogP contribution < -0.4 is 15.8 Å². The maximum atomic E-state index is 12.5. The molecule has 0 bridgehead atoms. The summed E-state index contributed by atoms with van der Waals surface area (Å²) in [5.74, 6) is -0.534. The number of carbonyl (C=O) groups excluding carboxylic acids is 2. The summed E-state index contributed by atoms with van der Waals surface area (Å²) in [7, 11) is 1.62. The molecule has 1 fully saturated rings. The van der Waals surface area contributed by atoms with Crippen LogP contribution in [-0.2, 0) is 11.8 Å². The van der Waals surface area contributed by atoms with Crippen LogP contribution in [0.1, 0.15) is 22.3 Å². The van der Waals surface area contributed by atoms with Crippen molar-refractivity contribution < 1.29 is 9.59 Å². The lowest BCUT2D eigenvalue weighted by molar-refractivity contribution is -0.118. The van der Waals surface area contributed by atoms with Crippen molar-refractivity contribution >= 4 is 17.5 Å². The molecular weight excluding hydrogens is 306 g/mol. The molecule has 1 aliphatic heterocycles. The fourth-order valence-corrected chi connectivity index (χ4v) is 2.73. The van der Waals surface area contributed by atoms with Crippen molar-refractivity contribution in [3.8, 4) is 0 Å². The van der Waals surface area contributed by atoms with Gasteiger partial charge in [0.1, 0.15) is 6.04 Å². The molecule has 1 atom stereocenters. The summed E-state index contributed by atoms with van der Waals surface area (Å²) in [6.45, 7) is 2.55. The summed E-state index contributed by atoms with van der Waals surface area (Å²) in [4.78, 5) is 38.1. The Hall–Kier alpha value is -2.89. The molecule has 0 aliphatic carbocycles. The third kappa shape index (κ3) is 3.08. The van der Waals surface area contributed by atoms with Gasteiger partial charge in [-0.1, -0.05) is 17.7 Å². The standard InChI is InChI=1S/C18H19N3O3/c1-12-3-5-14(6-4-12)21-10-8-15(18(21)24)19-17(23)13-7-9-20(2)16(22)11-13/h3-7,9,11,15H,8,10H2,1-2H3,(H,19,23)/t15-/m1/s1. The number of aromatic nitrogens is 1. The van der Waals surface area contributed by atoms with Crippen molar-refractivity contribution in [1.82, 2.24) is 9.88 Å². The first kappa shape index (κ1) is 16.0. The molecule has 1 aliphatic rings. The fourth-order valence-electron chi connectivity index (χ4n) is 2.73. The Bertz CT molecular complexity index is 839. The third-order valence-corrected chi connectivity index (χ3v) is 4.22. The highest BCUT2D eigenvalue weighted by Crippen LogP contribution is 2.22. The predicted octanol–water partition coefficient (Wildman–Crippen LogP) is 1.23. The van der Waals surface area contributed by atoms with Crippen LogP contribution in [-0.4, -0.2) is 29.0 Å². The van der Waals surface area contributed by atoms with Crippen molar-refractivity contribution in [3.05, 3.63) is 64.1 Å². The molecule has 0 saturated carbocycles. The summed E-state index contributed by atoms with van der Waals surface area (Å²) < 4.78 is 1.39. The summed E-state index contributed by atoms with van der Waals surface area (Å²) >= 11 is 0. The number of amides is 2. The van der Waals surface area contributed by atoms with Crippen LogP contribution in [0, 0.1) is 6.92 Å². The molecule has 3 rings (SSSR count). The summed E-state index contributed by atoms with van der Waals surface area (Å²) in [6, 6.07) is 9.97. The number of nitrogens with one attached hydrogen (secondary N) is 1. The molecule has 6 heteroatoms. The molecule has 1 N–H and O–H groups in total. The number of hydrogen-bond acceptors (Lipinski definition) is 3. The Labute approximate surface area is 139 Å². The Morgan fingerprint density at radius 3 is 2.54 bits per heavy atom.